The van der Waals surface area contributed by atoms with Gasteiger partial charge in [-0.05, 0) is 48.9 Å². The first-order valence-corrected chi connectivity index (χ1v) is 6.48. The third kappa shape index (κ3) is 3.75. The Morgan fingerprint density at radius 1 is 1.20 bits per heavy atom. The van der Waals surface area contributed by atoms with Gasteiger partial charge >= 0.3 is 5.97 Å². The maximum Gasteiger partial charge on any atom is 0.335 e. The summed E-state index contributed by atoms with van der Waals surface area (Å²) in [5.41, 5.74) is 2.20. The number of benzene rings is 2. The van der Waals surface area contributed by atoms with Crippen LogP contribution in [-0.4, -0.2) is 17.7 Å². The van der Waals surface area contributed by atoms with Crippen LogP contribution in [0, 0.1) is 0 Å². The number of ether oxygens (including phenoxy) is 1. The lowest BCUT2D eigenvalue weighted by atomic mass is 10.1. The van der Waals surface area contributed by atoms with E-state index < -0.39 is 5.97 Å². The Labute approximate surface area is 118 Å². The molecule has 0 spiro atoms. The molecule has 0 saturated heterocycles. The summed E-state index contributed by atoms with van der Waals surface area (Å²) in [5, 5.41) is 12.2. The fraction of sp³-hybridized carbons (Fsp3) is 0.188. The maximum absolute atomic E-state index is 10.9. The largest absolute Gasteiger partial charge is 0.494 e. The molecule has 4 nitrogen and oxygen atoms in total. The fourth-order valence-corrected chi connectivity index (χ4v) is 1.85. The van der Waals surface area contributed by atoms with E-state index in [9.17, 15) is 4.79 Å². The van der Waals surface area contributed by atoms with Crippen LogP contribution in [0.1, 0.15) is 22.8 Å². The lowest BCUT2D eigenvalue weighted by molar-refractivity contribution is 0.0697. The van der Waals surface area contributed by atoms with Gasteiger partial charge in [0.1, 0.15) is 5.75 Å². The Hall–Kier alpha value is -2.49. The predicted molar refractivity (Wildman–Crippen MR) is 78.3 cm³/mol. The van der Waals surface area contributed by atoms with Gasteiger partial charge in [0, 0.05) is 12.2 Å². The Bertz CT molecular complexity index is 579. The molecule has 0 aliphatic rings. The molecule has 0 radical (unpaired) electrons. The number of hydrogen-bond donors (Lipinski definition) is 2. The quantitative estimate of drug-likeness (QED) is 0.845. The molecule has 0 fully saturated rings. The summed E-state index contributed by atoms with van der Waals surface area (Å²) in [5.74, 6) is -0.0705. The van der Waals surface area contributed by atoms with Crippen molar-refractivity contribution in [3.05, 3.63) is 59.7 Å². The van der Waals surface area contributed by atoms with Crippen LogP contribution in [-0.2, 0) is 6.54 Å². The summed E-state index contributed by atoms with van der Waals surface area (Å²) in [6.07, 6.45) is 0. The minimum absolute atomic E-state index is 0.302. The molecule has 20 heavy (non-hydrogen) atoms. The molecule has 104 valence electrons. The van der Waals surface area contributed by atoms with Crippen molar-refractivity contribution in [2.45, 2.75) is 13.5 Å². The van der Waals surface area contributed by atoms with Crippen molar-refractivity contribution >= 4 is 11.7 Å². The monoisotopic (exact) mass is 271 g/mol. The molecular weight excluding hydrogens is 254 g/mol. The lowest BCUT2D eigenvalue weighted by Crippen LogP contribution is -2.02. The zero-order chi connectivity index (χ0) is 14.4. The summed E-state index contributed by atoms with van der Waals surface area (Å²) in [6.45, 7) is 3.17. The van der Waals surface area contributed by atoms with Gasteiger partial charge in [0.05, 0.1) is 12.2 Å². The predicted octanol–water partition coefficient (Wildman–Crippen LogP) is 3.40. The Kier molecular flexibility index (Phi) is 4.60. The summed E-state index contributed by atoms with van der Waals surface area (Å²) in [6, 6.07) is 14.6. The number of rotatable bonds is 6. The topological polar surface area (TPSA) is 58.6 Å². The molecule has 2 rings (SSSR count). The highest BCUT2D eigenvalue weighted by molar-refractivity contribution is 5.87. The first-order chi connectivity index (χ1) is 9.69. The number of carboxylic acid groups (broad SMARTS) is 1. The fourth-order valence-electron chi connectivity index (χ4n) is 1.85. The SMILES string of the molecule is CCOc1ccc(NCc2cccc(C(=O)O)c2)cc1. The van der Waals surface area contributed by atoms with Crippen LogP contribution in [0.5, 0.6) is 5.75 Å². The van der Waals surface area contributed by atoms with Crippen LogP contribution in [0.3, 0.4) is 0 Å². The van der Waals surface area contributed by atoms with E-state index in [1.165, 1.54) is 0 Å². The third-order valence-electron chi connectivity index (χ3n) is 2.84. The molecule has 0 unspecified atom stereocenters. The van der Waals surface area contributed by atoms with E-state index >= 15 is 0 Å². The lowest BCUT2D eigenvalue weighted by Gasteiger charge is -2.08. The zero-order valence-electron chi connectivity index (χ0n) is 11.3. The maximum atomic E-state index is 10.9. The van der Waals surface area contributed by atoms with Crippen LogP contribution in [0.4, 0.5) is 5.69 Å². The zero-order valence-corrected chi connectivity index (χ0v) is 11.3. The minimum Gasteiger partial charge on any atom is -0.494 e. The Balaban J connectivity index is 1.97. The summed E-state index contributed by atoms with van der Waals surface area (Å²) < 4.78 is 5.37. The van der Waals surface area contributed by atoms with E-state index in [4.69, 9.17) is 9.84 Å². The van der Waals surface area contributed by atoms with Crippen LogP contribution in [0.2, 0.25) is 0 Å². The Morgan fingerprint density at radius 3 is 2.60 bits per heavy atom. The summed E-state index contributed by atoms with van der Waals surface area (Å²) in [4.78, 5) is 10.9. The van der Waals surface area contributed by atoms with E-state index in [1.54, 1.807) is 18.2 Å². The molecule has 0 amide bonds. The molecule has 2 aromatic rings. The van der Waals surface area contributed by atoms with Gasteiger partial charge in [-0.15, -0.1) is 0 Å². The van der Waals surface area contributed by atoms with Gasteiger partial charge < -0.3 is 15.2 Å². The van der Waals surface area contributed by atoms with Gasteiger partial charge in [-0.3, -0.25) is 0 Å². The van der Waals surface area contributed by atoms with Crippen LogP contribution >= 0.6 is 0 Å². The molecule has 2 aromatic carbocycles. The van der Waals surface area contributed by atoms with Crippen molar-refractivity contribution in [3.8, 4) is 5.75 Å². The molecule has 0 aliphatic heterocycles. The van der Waals surface area contributed by atoms with Gasteiger partial charge in [0.25, 0.3) is 0 Å². The third-order valence-corrected chi connectivity index (χ3v) is 2.84. The minimum atomic E-state index is -0.909. The first kappa shape index (κ1) is 13.9. The second kappa shape index (κ2) is 6.61. The van der Waals surface area contributed by atoms with Crippen molar-refractivity contribution in [3.63, 3.8) is 0 Å². The molecule has 0 aromatic heterocycles. The van der Waals surface area contributed by atoms with Gasteiger partial charge in [0.2, 0.25) is 0 Å². The molecule has 4 heteroatoms. The van der Waals surface area contributed by atoms with Crippen molar-refractivity contribution in [1.82, 2.24) is 0 Å². The average molecular weight is 271 g/mol. The molecular formula is C16H17NO3. The molecule has 0 bridgehead atoms. The van der Waals surface area contributed by atoms with Gasteiger partial charge in [-0.1, -0.05) is 12.1 Å². The van der Waals surface area contributed by atoms with Crippen molar-refractivity contribution in [1.29, 1.82) is 0 Å². The van der Waals surface area contributed by atoms with Crippen molar-refractivity contribution in [2.75, 3.05) is 11.9 Å². The highest BCUT2D eigenvalue weighted by atomic mass is 16.5. The molecule has 2 N–H and O–H groups in total. The molecule has 0 saturated carbocycles. The number of carbonyl (C=O) groups is 1. The van der Waals surface area contributed by atoms with Crippen molar-refractivity contribution < 1.29 is 14.6 Å². The number of anilines is 1. The standard InChI is InChI=1S/C16H17NO3/c1-2-20-15-8-6-14(7-9-15)17-11-12-4-3-5-13(10-12)16(18)19/h3-10,17H,2,11H2,1H3,(H,18,19). The number of aromatic carboxylic acids is 1. The van der Waals surface area contributed by atoms with Crippen LogP contribution in [0.15, 0.2) is 48.5 Å². The molecule has 0 aliphatic carbocycles. The summed E-state index contributed by atoms with van der Waals surface area (Å²) in [7, 11) is 0. The Morgan fingerprint density at radius 2 is 1.95 bits per heavy atom. The first-order valence-electron chi connectivity index (χ1n) is 6.48. The van der Waals surface area contributed by atoms with E-state index in [2.05, 4.69) is 5.32 Å². The van der Waals surface area contributed by atoms with Gasteiger partial charge in [-0.25, -0.2) is 4.79 Å². The number of hydrogen-bond acceptors (Lipinski definition) is 3. The second-order valence-corrected chi connectivity index (χ2v) is 4.32. The van der Waals surface area contributed by atoms with Crippen LogP contribution in [0.25, 0.3) is 0 Å². The van der Waals surface area contributed by atoms with E-state index in [0.717, 1.165) is 17.0 Å². The van der Waals surface area contributed by atoms with Crippen LogP contribution < -0.4 is 10.1 Å². The molecule has 0 heterocycles. The number of nitrogens with one attached hydrogen (secondary N) is 1. The highest BCUT2D eigenvalue weighted by Gasteiger charge is 2.03. The number of carboxylic acids is 1. The molecule has 0 atom stereocenters. The van der Waals surface area contributed by atoms with E-state index in [0.29, 0.717) is 18.7 Å². The second-order valence-electron chi connectivity index (χ2n) is 4.32. The van der Waals surface area contributed by atoms with Crippen molar-refractivity contribution in [2.24, 2.45) is 0 Å². The van der Waals surface area contributed by atoms with Gasteiger partial charge in [0.15, 0.2) is 0 Å². The van der Waals surface area contributed by atoms with E-state index in [-0.39, 0.29) is 0 Å². The average Bonchev–Trinajstić information content (AvgIpc) is 2.47. The smallest absolute Gasteiger partial charge is 0.335 e. The van der Waals surface area contributed by atoms with E-state index in [1.807, 2.05) is 37.3 Å². The normalized spacial score (nSPS) is 10.1. The summed E-state index contributed by atoms with van der Waals surface area (Å²) >= 11 is 0. The van der Waals surface area contributed by atoms with Gasteiger partial charge in [-0.2, -0.15) is 0 Å². The highest BCUT2D eigenvalue weighted by Crippen LogP contribution is 2.16.